The van der Waals surface area contributed by atoms with E-state index in [2.05, 4.69) is 8.77 Å². The van der Waals surface area contributed by atoms with Crippen LogP contribution >= 0.6 is 0 Å². The van der Waals surface area contributed by atoms with Crippen molar-refractivity contribution < 1.29 is 135 Å². The first-order valence-electron chi connectivity index (χ1n) is 2.98. The molecule has 0 aromatic carbocycles. The summed E-state index contributed by atoms with van der Waals surface area (Å²) in [5.41, 5.74) is 0. The summed E-state index contributed by atoms with van der Waals surface area (Å²) in [6, 6.07) is 0. The van der Waals surface area contributed by atoms with E-state index in [1.165, 1.54) is 0 Å². The smallest absolute Gasteiger partial charge is 0.757 e. The van der Waals surface area contributed by atoms with Crippen molar-refractivity contribution in [2.75, 3.05) is 5.08 Å². The van der Waals surface area contributed by atoms with Gasteiger partial charge in [-0.15, -0.1) is 0 Å². The molecule has 0 aliphatic rings. The summed E-state index contributed by atoms with van der Waals surface area (Å²) >= 11 is 0. The van der Waals surface area contributed by atoms with E-state index in [0.717, 1.165) is 0 Å². The average Bonchev–Trinajstić information content (AvgIpc) is 1.68. The van der Waals surface area contributed by atoms with E-state index >= 15 is 0 Å². The first-order valence-corrected chi connectivity index (χ1v) is 9.94. The fourth-order valence-electron chi connectivity index (χ4n) is 0.542. The molecule has 0 aromatic heterocycles. The third kappa shape index (κ3) is 9.83. The van der Waals surface area contributed by atoms with Gasteiger partial charge in [-0.05, 0) is 0 Å². The van der Waals surface area contributed by atoms with Crippen molar-refractivity contribution in [2.24, 2.45) is 5.14 Å². The summed E-state index contributed by atoms with van der Waals surface area (Å²) in [4.78, 5) is 0. The maximum atomic E-state index is 11.1. The zero-order chi connectivity index (χ0) is 14.4. The van der Waals surface area contributed by atoms with E-state index in [1.807, 2.05) is 0 Å². The van der Waals surface area contributed by atoms with Crippen molar-refractivity contribution in [3.8, 4) is 0 Å². The number of nitrogens with two attached hydrogens (primary N) is 1. The zero-order valence-corrected chi connectivity index (χ0v) is 19.7. The fourth-order valence-corrected chi connectivity index (χ4v) is 8.72. The van der Waals surface area contributed by atoms with Gasteiger partial charge in [0.05, 0.1) is 8.66 Å². The van der Waals surface area contributed by atoms with Gasteiger partial charge >= 0.3 is 88.7 Å². The largest absolute Gasteiger partial charge is 1.00 e. The predicted molar refractivity (Wildman–Crippen MR) is 47.4 cm³/mol. The molecule has 0 atom stereocenters. The first kappa shape index (κ1) is 30.7. The van der Waals surface area contributed by atoms with E-state index in [-0.39, 0.29) is 88.7 Å². The molecule has 0 heterocycles. The molecule has 0 aliphatic carbocycles. The van der Waals surface area contributed by atoms with Crippen molar-refractivity contribution in [1.82, 2.24) is 0 Å². The van der Waals surface area contributed by atoms with Crippen LogP contribution in [0, 0.1) is 0 Å². The van der Waals surface area contributed by atoms with Crippen molar-refractivity contribution in [1.29, 1.82) is 0 Å². The Hall–Kier alpha value is 2.80. The van der Waals surface area contributed by atoms with Crippen LogP contribution in [0.15, 0.2) is 0 Å². The molecule has 0 bridgehead atoms. The summed E-state index contributed by atoms with van der Waals surface area (Å²) in [7, 11) is -25.7. The molecule has 0 aliphatic heterocycles. The molecule has 0 unspecified atom stereocenters. The van der Waals surface area contributed by atoms with Crippen LogP contribution in [0.2, 0.25) is 0 Å². The average molecular weight is 403 g/mol. The SMILES string of the molecule is NS(=O)(=O)CS(=O)([O-])(OS(=O)(=O)[O-])S(=O)(=O)[O-].[Na+].[Na+].[Na+]. The topological polar surface area (TPSA) is 224 Å². The van der Waals surface area contributed by atoms with E-state index < -0.39 is 43.3 Å². The van der Waals surface area contributed by atoms with Gasteiger partial charge in [-0.2, -0.15) is 0 Å². The standard InChI is InChI=1S/CH7NO11S4.3Na/c2-14(3,4)1-17(11,12,16(8,9)10)13-15(5,6)7;;;/h1H2,(H,11,12)(H2,2,3,4)(H,5,6,7)(H,8,9,10);;;/q;3*+1/p-3. The molecule has 19 heteroatoms. The van der Waals surface area contributed by atoms with Crippen LogP contribution in [0.5, 0.6) is 0 Å². The minimum atomic E-state index is -7.62. The van der Waals surface area contributed by atoms with Gasteiger partial charge in [-0.3, -0.25) is 4.21 Å². The molecule has 0 fully saturated rings. The van der Waals surface area contributed by atoms with Gasteiger partial charge in [0.2, 0.25) is 20.4 Å². The molecule has 0 saturated carbocycles. The van der Waals surface area contributed by atoms with Gasteiger partial charge in [-0.25, -0.2) is 34.0 Å². The Morgan fingerprint density at radius 2 is 1.25 bits per heavy atom. The molecule has 2 N–H and O–H groups in total. The van der Waals surface area contributed by atoms with Gasteiger partial charge < -0.3 is 13.7 Å². The quantitative estimate of drug-likeness (QED) is 0.196. The van der Waals surface area contributed by atoms with Crippen LogP contribution in [0.25, 0.3) is 0 Å². The minimum Gasteiger partial charge on any atom is -0.757 e. The molecule has 12 nitrogen and oxygen atoms in total. The summed E-state index contributed by atoms with van der Waals surface area (Å²) in [5.74, 6) is 0. The number of sulfonamides is 1. The summed E-state index contributed by atoms with van der Waals surface area (Å²) < 4.78 is 107. The molecule has 0 saturated heterocycles. The molecule has 0 amide bonds. The molecular weight excluding hydrogens is 399 g/mol. The Morgan fingerprint density at radius 3 is 1.40 bits per heavy atom. The van der Waals surface area contributed by atoms with E-state index in [4.69, 9.17) is 0 Å². The van der Waals surface area contributed by atoms with Gasteiger partial charge in [-0.1, -0.05) is 0 Å². The van der Waals surface area contributed by atoms with Crippen LogP contribution in [0.4, 0.5) is 0 Å². The van der Waals surface area contributed by atoms with Crippen LogP contribution < -0.4 is 93.8 Å². The van der Waals surface area contributed by atoms with Crippen molar-refractivity contribution in [3.05, 3.63) is 0 Å². The van der Waals surface area contributed by atoms with E-state index in [0.29, 0.717) is 0 Å². The normalized spacial score (nSPS) is 14.7. The Bertz CT molecular complexity index is 648. The van der Waals surface area contributed by atoms with Gasteiger partial charge in [0, 0.05) is 0 Å². The Balaban J connectivity index is -0.000000427. The fraction of sp³-hybridized carbons (Fsp3) is 1.00. The molecular formula is CH4NNa3O11S4. The number of rotatable bonds is 5. The number of hydrogen-bond donors (Lipinski definition) is 1. The van der Waals surface area contributed by atoms with Crippen molar-refractivity contribution in [2.45, 2.75) is 0 Å². The molecule has 0 radical (unpaired) electrons. The molecule has 0 aromatic rings. The maximum absolute atomic E-state index is 11.1. The zero-order valence-electron chi connectivity index (χ0n) is 10.4. The van der Waals surface area contributed by atoms with Crippen LogP contribution in [0.3, 0.4) is 0 Å². The Labute approximate surface area is 181 Å². The van der Waals surface area contributed by atoms with Gasteiger partial charge in [0.15, 0.2) is 9.15 Å². The summed E-state index contributed by atoms with van der Waals surface area (Å²) in [6.45, 7) is 0. The monoisotopic (exact) mass is 403 g/mol. The van der Waals surface area contributed by atoms with Crippen LogP contribution in [-0.2, 0) is 41.9 Å². The van der Waals surface area contributed by atoms with Crippen LogP contribution in [-0.4, -0.2) is 48.2 Å². The second-order valence-corrected chi connectivity index (χ2v) is 11.9. The van der Waals surface area contributed by atoms with Crippen molar-refractivity contribution in [3.63, 3.8) is 0 Å². The second kappa shape index (κ2) is 8.77. The molecule has 0 rings (SSSR count). The number of hydrogen-bond acceptors (Lipinski definition) is 11. The van der Waals surface area contributed by atoms with E-state index in [1.54, 1.807) is 0 Å². The Kier molecular flexibility index (Phi) is 13.4. The Morgan fingerprint density at radius 1 is 0.950 bits per heavy atom. The second-order valence-electron chi connectivity index (χ2n) is 2.54. The van der Waals surface area contributed by atoms with Gasteiger partial charge in [0.1, 0.15) is 5.08 Å². The van der Waals surface area contributed by atoms with E-state index in [9.17, 15) is 43.1 Å². The summed E-state index contributed by atoms with van der Waals surface area (Å²) in [6.07, 6.45) is 0. The van der Waals surface area contributed by atoms with Crippen molar-refractivity contribution >= 4 is 38.2 Å². The predicted octanol–water partition coefficient (Wildman–Crippen LogP) is -13.0. The number of primary sulfonamides is 1. The minimum absolute atomic E-state index is 0. The molecule has 106 valence electrons. The van der Waals surface area contributed by atoms with Crippen LogP contribution in [0.1, 0.15) is 0 Å². The molecule has 20 heavy (non-hydrogen) atoms. The first-order chi connectivity index (χ1) is 6.96. The van der Waals surface area contributed by atoms with Gasteiger partial charge in [0.25, 0.3) is 0 Å². The molecule has 0 spiro atoms. The third-order valence-corrected chi connectivity index (χ3v) is 10.1. The summed E-state index contributed by atoms with van der Waals surface area (Å²) in [5, 5.41) is 1.44. The maximum Gasteiger partial charge on any atom is 1.00 e. The third-order valence-electron chi connectivity index (χ3n) is 0.966.